The number of hydrogen-bond donors (Lipinski definition) is 1. The Morgan fingerprint density at radius 1 is 1.19 bits per heavy atom. The number of nitrogens with one attached hydrogen (secondary N) is 1. The normalized spacial score (nSPS) is 10.7. The molecule has 1 N–H and O–H groups in total. The summed E-state index contributed by atoms with van der Waals surface area (Å²) in [6.45, 7) is 1.51. The maximum Gasteiger partial charge on any atom is 0.234 e. The van der Waals surface area contributed by atoms with Gasteiger partial charge in [0.2, 0.25) is 5.91 Å². The summed E-state index contributed by atoms with van der Waals surface area (Å²) in [6.07, 6.45) is 1.46. The minimum atomic E-state index is -0.144. The van der Waals surface area contributed by atoms with Crippen molar-refractivity contribution in [3.63, 3.8) is 0 Å². The molecule has 1 aromatic carbocycles. The molecule has 0 unspecified atom stereocenters. The van der Waals surface area contributed by atoms with E-state index in [2.05, 4.69) is 20.3 Å². The summed E-state index contributed by atoms with van der Waals surface area (Å²) in [5.41, 5.74) is 1.90. The fraction of sp³-hybridized carbons (Fsp3) is 0.235. The highest BCUT2D eigenvalue weighted by Crippen LogP contribution is 2.32. The van der Waals surface area contributed by atoms with Gasteiger partial charge in [-0.15, -0.1) is 0 Å². The van der Waals surface area contributed by atoms with E-state index in [4.69, 9.17) is 0 Å². The topological polar surface area (TPSA) is 88.1 Å². The van der Waals surface area contributed by atoms with Crippen LogP contribution in [0.15, 0.2) is 35.6 Å². The number of hydrogen-bond acceptors (Lipinski definition) is 8. The number of anilines is 2. The predicted octanol–water partition coefficient (Wildman–Crippen LogP) is 3.09. The number of rotatable bonds is 6. The minimum Gasteiger partial charge on any atom is -0.354 e. The summed E-state index contributed by atoms with van der Waals surface area (Å²) in [6, 6.07) is 6.82. The summed E-state index contributed by atoms with van der Waals surface area (Å²) in [5.74, 6) is 0.0676. The van der Waals surface area contributed by atoms with E-state index < -0.39 is 0 Å². The molecule has 1 amide bonds. The van der Waals surface area contributed by atoms with E-state index in [1.54, 1.807) is 24.3 Å². The Balaban J connectivity index is 1.66. The first-order chi connectivity index (χ1) is 12.4. The van der Waals surface area contributed by atoms with Gasteiger partial charge in [-0.2, -0.15) is 4.98 Å². The standard InChI is InChI=1S/C17H17N5O2S2/c1-10(23)11-4-6-12(7-5-11)20-13(24)8-25-16-14-15(18-9-19-16)21-17(26-14)22(2)3/h4-7,9H,8H2,1-3H3,(H,20,24). The van der Waals surface area contributed by atoms with Crippen LogP contribution in [0, 0.1) is 0 Å². The van der Waals surface area contributed by atoms with Gasteiger partial charge in [0.05, 0.1) is 5.75 Å². The number of fused-ring (bicyclic) bond motifs is 1. The molecule has 3 rings (SSSR count). The number of carbonyl (C=O) groups excluding carboxylic acids is 2. The lowest BCUT2D eigenvalue weighted by molar-refractivity contribution is -0.113. The van der Waals surface area contributed by atoms with Crippen molar-refractivity contribution in [2.24, 2.45) is 0 Å². The van der Waals surface area contributed by atoms with Crippen molar-refractivity contribution in [1.29, 1.82) is 0 Å². The Bertz CT molecular complexity index is 953. The van der Waals surface area contributed by atoms with E-state index in [-0.39, 0.29) is 17.4 Å². The molecular weight excluding hydrogens is 370 g/mol. The predicted molar refractivity (Wildman–Crippen MR) is 105 cm³/mol. The molecule has 134 valence electrons. The largest absolute Gasteiger partial charge is 0.354 e. The second kappa shape index (κ2) is 7.79. The number of thioether (sulfide) groups is 1. The monoisotopic (exact) mass is 387 g/mol. The number of benzene rings is 1. The lowest BCUT2D eigenvalue weighted by Crippen LogP contribution is -2.14. The molecule has 0 fully saturated rings. The minimum absolute atomic E-state index is 0.00661. The first-order valence-electron chi connectivity index (χ1n) is 7.76. The van der Waals surface area contributed by atoms with Crippen molar-refractivity contribution < 1.29 is 9.59 Å². The highest BCUT2D eigenvalue weighted by atomic mass is 32.2. The summed E-state index contributed by atoms with van der Waals surface area (Å²) in [4.78, 5) is 38.3. The van der Waals surface area contributed by atoms with E-state index in [1.807, 2.05) is 19.0 Å². The molecule has 0 aliphatic carbocycles. The lowest BCUT2D eigenvalue weighted by Gasteiger charge is -2.06. The van der Waals surface area contributed by atoms with Gasteiger partial charge in [-0.3, -0.25) is 9.59 Å². The van der Waals surface area contributed by atoms with Crippen LogP contribution in [0.25, 0.3) is 10.3 Å². The highest BCUT2D eigenvalue weighted by molar-refractivity contribution is 8.00. The van der Waals surface area contributed by atoms with Gasteiger partial charge in [0.1, 0.15) is 16.1 Å². The molecular formula is C17H17N5O2S2. The smallest absolute Gasteiger partial charge is 0.234 e. The number of aromatic nitrogens is 3. The van der Waals surface area contributed by atoms with Crippen LogP contribution in [0.5, 0.6) is 0 Å². The first kappa shape index (κ1) is 18.3. The number of thiazole rings is 1. The van der Waals surface area contributed by atoms with Gasteiger partial charge in [0.25, 0.3) is 0 Å². The van der Waals surface area contributed by atoms with Gasteiger partial charge in [-0.25, -0.2) is 9.97 Å². The molecule has 26 heavy (non-hydrogen) atoms. The Morgan fingerprint density at radius 3 is 2.58 bits per heavy atom. The average molecular weight is 387 g/mol. The van der Waals surface area contributed by atoms with Crippen molar-refractivity contribution in [1.82, 2.24) is 15.0 Å². The van der Waals surface area contributed by atoms with Gasteiger partial charge >= 0.3 is 0 Å². The third-order valence-electron chi connectivity index (χ3n) is 3.44. The molecule has 0 aliphatic heterocycles. The lowest BCUT2D eigenvalue weighted by atomic mass is 10.1. The van der Waals surface area contributed by atoms with Crippen LogP contribution >= 0.6 is 23.1 Å². The van der Waals surface area contributed by atoms with Crippen LogP contribution in [0.4, 0.5) is 10.8 Å². The molecule has 0 aliphatic rings. The zero-order chi connectivity index (χ0) is 18.7. The third-order valence-corrected chi connectivity index (χ3v) is 5.78. The maximum absolute atomic E-state index is 12.2. The Morgan fingerprint density at radius 2 is 1.92 bits per heavy atom. The van der Waals surface area contributed by atoms with Crippen LogP contribution in [-0.2, 0) is 4.79 Å². The molecule has 3 aromatic rings. The van der Waals surface area contributed by atoms with Crippen LogP contribution in [-0.4, -0.2) is 46.5 Å². The van der Waals surface area contributed by atoms with Crippen LogP contribution in [0.1, 0.15) is 17.3 Å². The van der Waals surface area contributed by atoms with E-state index in [9.17, 15) is 9.59 Å². The van der Waals surface area contributed by atoms with Gasteiger partial charge in [-0.1, -0.05) is 23.1 Å². The van der Waals surface area contributed by atoms with Gasteiger partial charge < -0.3 is 10.2 Å². The fourth-order valence-electron chi connectivity index (χ4n) is 2.14. The van der Waals surface area contributed by atoms with E-state index in [1.165, 1.54) is 36.3 Å². The number of carbonyl (C=O) groups is 2. The first-order valence-corrected chi connectivity index (χ1v) is 9.57. The maximum atomic E-state index is 12.2. The Kier molecular flexibility index (Phi) is 5.48. The van der Waals surface area contributed by atoms with Crippen LogP contribution < -0.4 is 10.2 Å². The number of Topliss-reactive ketones (excluding diaryl/α,β-unsaturated/α-hetero) is 1. The van der Waals surface area contributed by atoms with Crippen molar-refractivity contribution >= 4 is 56.0 Å². The van der Waals surface area contributed by atoms with Crippen molar-refractivity contribution in [2.45, 2.75) is 11.9 Å². The summed E-state index contributed by atoms with van der Waals surface area (Å²) in [7, 11) is 3.84. The van der Waals surface area contributed by atoms with Gasteiger partial charge in [-0.05, 0) is 31.2 Å². The quantitative estimate of drug-likeness (QED) is 0.395. The second-order valence-corrected chi connectivity index (χ2v) is 7.63. The Hall–Kier alpha value is -2.52. The molecule has 7 nitrogen and oxygen atoms in total. The Labute approximate surface area is 158 Å². The van der Waals surface area contributed by atoms with Gasteiger partial charge in [0.15, 0.2) is 16.6 Å². The number of amides is 1. The molecule has 0 saturated carbocycles. The average Bonchev–Trinajstić information content (AvgIpc) is 3.05. The molecule has 0 spiro atoms. The molecule has 0 atom stereocenters. The zero-order valence-electron chi connectivity index (χ0n) is 14.5. The van der Waals surface area contributed by atoms with Crippen molar-refractivity contribution in [3.8, 4) is 0 Å². The fourth-order valence-corrected chi connectivity index (χ4v) is 3.95. The summed E-state index contributed by atoms with van der Waals surface area (Å²) in [5, 5.41) is 4.40. The molecule has 0 bridgehead atoms. The molecule has 0 radical (unpaired) electrons. The highest BCUT2D eigenvalue weighted by Gasteiger charge is 2.13. The SMILES string of the molecule is CC(=O)c1ccc(NC(=O)CSc2ncnc3nc(N(C)C)sc23)cc1. The second-order valence-electron chi connectivity index (χ2n) is 5.69. The molecule has 9 heteroatoms. The van der Waals surface area contributed by atoms with Crippen molar-refractivity contribution in [3.05, 3.63) is 36.2 Å². The molecule has 2 heterocycles. The van der Waals surface area contributed by atoms with Gasteiger partial charge in [0, 0.05) is 25.3 Å². The number of nitrogens with zero attached hydrogens (tertiary/aromatic N) is 4. The van der Waals surface area contributed by atoms with Crippen LogP contribution in [0.2, 0.25) is 0 Å². The van der Waals surface area contributed by atoms with Crippen molar-refractivity contribution in [2.75, 3.05) is 30.1 Å². The van der Waals surface area contributed by atoms with E-state index >= 15 is 0 Å². The molecule has 2 aromatic heterocycles. The van der Waals surface area contributed by atoms with Crippen LogP contribution in [0.3, 0.4) is 0 Å². The number of ketones is 1. The third kappa shape index (κ3) is 4.17. The van der Waals surface area contributed by atoms with E-state index in [0.717, 1.165) is 14.9 Å². The molecule has 0 saturated heterocycles. The summed E-state index contributed by atoms with van der Waals surface area (Å²) >= 11 is 2.84. The summed E-state index contributed by atoms with van der Waals surface area (Å²) < 4.78 is 0.875. The zero-order valence-corrected chi connectivity index (χ0v) is 16.1. The van der Waals surface area contributed by atoms with E-state index in [0.29, 0.717) is 16.9 Å².